The molecule has 10 rings (SSSR count). The minimum atomic E-state index is 1.12. The lowest BCUT2D eigenvalue weighted by Crippen LogP contribution is -1.93. The summed E-state index contributed by atoms with van der Waals surface area (Å²) in [7, 11) is 0. The van der Waals surface area contributed by atoms with Gasteiger partial charge in [0.1, 0.15) is 0 Å². The Kier molecular flexibility index (Phi) is 6.44. The molecule has 0 amide bonds. The molecule has 0 N–H and O–H groups in total. The molecule has 0 fully saturated rings. The van der Waals surface area contributed by atoms with Gasteiger partial charge in [-0.1, -0.05) is 183 Å². The summed E-state index contributed by atoms with van der Waals surface area (Å²) in [6, 6.07) is 64.8. The van der Waals surface area contributed by atoms with Crippen LogP contribution in [0.2, 0.25) is 0 Å². The summed E-state index contributed by atoms with van der Waals surface area (Å²) in [5, 5.41) is 7.66. The SMILES string of the molecule is C=Cc1ccc(-c2ccc3c4c(ccc(-c5ccc6ccccc6c5)c24)-c2c-3c(-c3ccccc3)c3ccccc3c2-c2ccccc2)cc1. The standard InChI is InChI=1S/C50H32/c1-2-32-21-23-34(24-22-32)39-27-29-43-48-44(30-28-40(47(39)48)38-26-25-33-13-9-10-18-37(33)31-38)50-46(36-16-7-4-8-17-36)42-20-12-11-19-41(42)45(49(43)50)35-14-5-3-6-15-35/h2-31H,1H2. The van der Waals surface area contributed by atoms with E-state index in [4.69, 9.17) is 0 Å². The molecule has 0 radical (unpaired) electrons. The van der Waals surface area contributed by atoms with Crippen molar-refractivity contribution < 1.29 is 0 Å². The van der Waals surface area contributed by atoms with Gasteiger partial charge < -0.3 is 0 Å². The lowest BCUT2D eigenvalue weighted by atomic mass is 9.82. The zero-order valence-corrected chi connectivity index (χ0v) is 27.5. The van der Waals surface area contributed by atoms with E-state index in [0.717, 1.165) is 5.56 Å². The average molecular weight is 633 g/mol. The highest BCUT2D eigenvalue weighted by Crippen LogP contribution is 2.59. The van der Waals surface area contributed by atoms with Crippen LogP contribution < -0.4 is 0 Å². The summed E-state index contributed by atoms with van der Waals surface area (Å²) in [5.74, 6) is 0. The van der Waals surface area contributed by atoms with Gasteiger partial charge in [-0.05, 0) is 111 Å². The Morgan fingerprint density at radius 2 is 0.780 bits per heavy atom. The van der Waals surface area contributed by atoms with Crippen LogP contribution in [0.1, 0.15) is 5.56 Å². The molecule has 1 aliphatic rings. The van der Waals surface area contributed by atoms with Crippen molar-refractivity contribution in [3.05, 3.63) is 188 Å². The van der Waals surface area contributed by atoms with Gasteiger partial charge in [-0.2, -0.15) is 0 Å². The Bertz CT molecular complexity index is 2690. The largest absolute Gasteiger partial charge is 0.0985 e. The number of benzene rings is 9. The first-order valence-corrected chi connectivity index (χ1v) is 17.3. The maximum Gasteiger partial charge on any atom is -0.000740 e. The van der Waals surface area contributed by atoms with Crippen LogP contribution in [0, 0.1) is 0 Å². The van der Waals surface area contributed by atoms with E-state index in [1.807, 2.05) is 6.08 Å². The van der Waals surface area contributed by atoms with Crippen molar-refractivity contribution in [2.24, 2.45) is 0 Å². The molecule has 232 valence electrons. The molecule has 0 aromatic heterocycles. The highest BCUT2D eigenvalue weighted by Gasteiger charge is 2.32. The molecule has 0 heterocycles. The maximum absolute atomic E-state index is 4.01. The van der Waals surface area contributed by atoms with Crippen molar-refractivity contribution in [3.63, 3.8) is 0 Å². The number of hydrogen-bond donors (Lipinski definition) is 0. The molecule has 1 aliphatic carbocycles. The molecule has 0 aliphatic heterocycles. The Balaban J connectivity index is 1.39. The molecule has 0 saturated carbocycles. The first-order chi connectivity index (χ1) is 24.8. The van der Waals surface area contributed by atoms with Crippen molar-refractivity contribution in [2.45, 2.75) is 0 Å². The van der Waals surface area contributed by atoms with Gasteiger partial charge >= 0.3 is 0 Å². The van der Waals surface area contributed by atoms with E-state index in [2.05, 4.69) is 183 Å². The lowest BCUT2D eigenvalue weighted by molar-refractivity contribution is 1.62. The fourth-order valence-corrected chi connectivity index (χ4v) is 8.34. The fourth-order valence-electron chi connectivity index (χ4n) is 8.34. The predicted molar refractivity (Wildman–Crippen MR) is 215 cm³/mol. The van der Waals surface area contributed by atoms with Crippen LogP contribution in [0.5, 0.6) is 0 Å². The third kappa shape index (κ3) is 4.25. The van der Waals surface area contributed by atoms with Crippen LogP contribution in [0.15, 0.2) is 183 Å². The summed E-state index contributed by atoms with van der Waals surface area (Å²) in [4.78, 5) is 0. The molecule has 0 spiro atoms. The van der Waals surface area contributed by atoms with Gasteiger partial charge in [-0.3, -0.25) is 0 Å². The van der Waals surface area contributed by atoms with Crippen molar-refractivity contribution in [3.8, 4) is 66.8 Å². The van der Waals surface area contributed by atoms with E-state index < -0.39 is 0 Å². The number of fused-ring (bicyclic) bond motifs is 5. The molecular formula is C50H32. The molecule has 0 heteroatoms. The van der Waals surface area contributed by atoms with E-state index >= 15 is 0 Å². The minimum absolute atomic E-state index is 1.12. The van der Waals surface area contributed by atoms with Gasteiger partial charge in [0.05, 0.1) is 0 Å². The van der Waals surface area contributed by atoms with Gasteiger partial charge in [0.25, 0.3) is 0 Å². The third-order valence-electron chi connectivity index (χ3n) is 10.6. The fraction of sp³-hybridized carbons (Fsp3) is 0. The quantitative estimate of drug-likeness (QED) is 0.177. The van der Waals surface area contributed by atoms with Crippen molar-refractivity contribution in [2.75, 3.05) is 0 Å². The Morgan fingerprint density at radius 1 is 0.320 bits per heavy atom. The van der Waals surface area contributed by atoms with Crippen LogP contribution in [-0.4, -0.2) is 0 Å². The monoisotopic (exact) mass is 632 g/mol. The molecule has 0 unspecified atom stereocenters. The van der Waals surface area contributed by atoms with Gasteiger partial charge in [-0.25, -0.2) is 0 Å². The summed E-state index contributed by atoms with van der Waals surface area (Å²) in [6.45, 7) is 4.01. The maximum atomic E-state index is 4.01. The Morgan fingerprint density at radius 3 is 1.36 bits per heavy atom. The minimum Gasteiger partial charge on any atom is -0.0985 e. The van der Waals surface area contributed by atoms with Crippen molar-refractivity contribution in [1.29, 1.82) is 0 Å². The van der Waals surface area contributed by atoms with Crippen molar-refractivity contribution in [1.82, 2.24) is 0 Å². The predicted octanol–water partition coefficient (Wildman–Crippen LogP) is 14.1. The first-order valence-electron chi connectivity index (χ1n) is 17.3. The molecular weight excluding hydrogens is 601 g/mol. The number of hydrogen-bond acceptors (Lipinski definition) is 0. The second-order valence-corrected chi connectivity index (χ2v) is 13.2. The second-order valence-electron chi connectivity index (χ2n) is 13.2. The van der Waals surface area contributed by atoms with E-state index in [0.29, 0.717) is 0 Å². The molecule has 0 saturated heterocycles. The molecule has 9 aromatic carbocycles. The average Bonchev–Trinajstić information content (AvgIpc) is 3.52. The smallest absolute Gasteiger partial charge is 0.000740 e. The normalized spacial score (nSPS) is 11.7. The van der Waals surface area contributed by atoms with Crippen LogP contribution >= 0.6 is 0 Å². The molecule has 0 atom stereocenters. The highest BCUT2D eigenvalue weighted by atomic mass is 14.3. The Labute approximate surface area is 292 Å². The first kappa shape index (κ1) is 28.5. The summed E-state index contributed by atoms with van der Waals surface area (Å²) in [6.07, 6.45) is 1.91. The highest BCUT2D eigenvalue weighted by molar-refractivity contribution is 6.30. The van der Waals surface area contributed by atoms with E-state index in [1.54, 1.807) is 0 Å². The second kappa shape index (κ2) is 11.3. The van der Waals surface area contributed by atoms with E-state index in [9.17, 15) is 0 Å². The third-order valence-corrected chi connectivity index (χ3v) is 10.6. The van der Waals surface area contributed by atoms with Gasteiger partial charge in [0.15, 0.2) is 0 Å². The molecule has 9 aromatic rings. The van der Waals surface area contributed by atoms with Gasteiger partial charge in [0.2, 0.25) is 0 Å². The van der Waals surface area contributed by atoms with Gasteiger partial charge in [-0.15, -0.1) is 0 Å². The molecule has 50 heavy (non-hydrogen) atoms. The summed E-state index contributed by atoms with van der Waals surface area (Å²) < 4.78 is 0. The van der Waals surface area contributed by atoms with Crippen LogP contribution in [0.25, 0.3) is 105 Å². The van der Waals surface area contributed by atoms with Crippen LogP contribution in [0.3, 0.4) is 0 Å². The number of rotatable bonds is 5. The summed E-state index contributed by atoms with van der Waals surface area (Å²) in [5.41, 5.74) is 16.3. The molecule has 0 bridgehead atoms. The van der Waals surface area contributed by atoms with Crippen LogP contribution in [-0.2, 0) is 0 Å². The Hall–Kier alpha value is -6.50. The topological polar surface area (TPSA) is 0 Å². The van der Waals surface area contributed by atoms with Gasteiger partial charge in [0, 0.05) is 0 Å². The lowest BCUT2D eigenvalue weighted by Gasteiger charge is -2.20. The van der Waals surface area contributed by atoms with E-state index in [1.165, 1.54) is 99.1 Å². The van der Waals surface area contributed by atoms with E-state index in [-0.39, 0.29) is 0 Å². The zero-order chi connectivity index (χ0) is 33.2. The van der Waals surface area contributed by atoms with Crippen molar-refractivity contribution >= 4 is 38.4 Å². The van der Waals surface area contributed by atoms with Crippen LogP contribution in [0.4, 0.5) is 0 Å². The zero-order valence-electron chi connectivity index (χ0n) is 27.5. The summed E-state index contributed by atoms with van der Waals surface area (Å²) >= 11 is 0. The molecule has 0 nitrogen and oxygen atoms in total.